The van der Waals surface area contributed by atoms with E-state index in [9.17, 15) is 77.5 Å². The first-order valence-electron chi connectivity index (χ1n) is 33.7. The summed E-state index contributed by atoms with van der Waals surface area (Å²) in [5.41, 5.74) is -7.47. The normalized spacial score (nSPS) is 33.6. The van der Waals surface area contributed by atoms with E-state index >= 15 is 8.78 Å². The number of ether oxygens (including phenoxy) is 4. The van der Waals surface area contributed by atoms with Crippen LogP contribution >= 0.6 is 0 Å². The first kappa shape index (κ1) is 85.3. The number of allylic oxidation sites excluding steroid dienone is 1. The second-order valence-electron chi connectivity index (χ2n) is 28.9. The van der Waals surface area contributed by atoms with Crippen LogP contribution in [-0.2, 0) is 59.3 Å². The molecule has 7 aliphatic heterocycles. The van der Waals surface area contributed by atoms with Gasteiger partial charge in [0.05, 0.1) is 19.6 Å². The first-order chi connectivity index (χ1) is 48.1. The van der Waals surface area contributed by atoms with Gasteiger partial charge in [-0.2, -0.15) is 0 Å². The molecule has 3 aromatic rings. The van der Waals surface area contributed by atoms with E-state index in [0.717, 1.165) is 56.9 Å². The van der Waals surface area contributed by atoms with Gasteiger partial charge in [0.2, 0.25) is 23.5 Å². The van der Waals surface area contributed by atoms with Crippen molar-refractivity contribution in [2.45, 2.75) is 252 Å². The molecule has 10 N–H and O–H groups in total. The number of rotatable bonds is 14. The summed E-state index contributed by atoms with van der Waals surface area (Å²) in [5.74, 6) is -11.2. The molecular weight excluding hydrogens is 1460 g/mol. The Morgan fingerprint density at radius 1 is 0.548 bits per heavy atom. The SMILES string of the molecule is C#C[C@]1(O)[C@H](N2C=CC(=O)CC2=O)O[C@](F)(CO)[C@H]1O.CC(C)[Si]1(C(C)C)OC[C@@]2(F)O[C@@H](n3ccc(=O)[nH]c3=O)C(=O)[C@@H]2O[Si](C(C)C)(C(C)C)O1.CC(C)[Si]1(C(C)C)OC[C@@]2(F)O[C@@H](n3ccc(=O)[nH]c3=O)[C@H](O)[C@@H]2O[Si](C(C)C)(C(C)C)O1.O=c1ccn([C@@H]2O[C@](F)(CO)[C@@H](O)[C@H]2O)c(=O)[nH]1. The highest BCUT2D eigenvalue weighted by atomic mass is 28.5. The van der Waals surface area contributed by atoms with Crippen LogP contribution in [0.1, 0.15) is 136 Å². The quantitative estimate of drug-likeness (QED) is 0.0476. The number of H-pyrrole nitrogens is 3. The van der Waals surface area contributed by atoms with E-state index in [0.29, 0.717) is 4.57 Å². The van der Waals surface area contributed by atoms with Gasteiger partial charge in [-0.1, -0.05) is 117 Å². The van der Waals surface area contributed by atoms with Crippen LogP contribution in [0.4, 0.5) is 17.6 Å². The summed E-state index contributed by atoms with van der Waals surface area (Å²) in [6.07, 6.45) is -6.99. The molecule has 7 aliphatic rings. The smallest absolute Gasteiger partial charge is 0.335 e. The van der Waals surface area contributed by atoms with E-state index in [-0.39, 0.29) is 44.3 Å². The third-order valence-corrected chi connectivity index (χ3v) is 39.8. The lowest BCUT2D eigenvalue weighted by Crippen LogP contribution is -2.67. The van der Waals surface area contributed by atoms with Gasteiger partial charge in [-0.15, -0.1) is 6.42 Å². The molecule has 15 atom stereocenters. The van der Waals surface area contributed by atoms with E-state index in [1.807, 2.05) is 116 Å². The second kappa shape index (κ2) is 31.7. The van der Waals surface area contributed by atoms with Gasteiger partial charge >= 0.3 is 51.3 Å². The molecule has 0 aromatic carbocycles. The molecule has 0 aliphatic carbocycles. The number of carbonyl (C=O) groups is 3. The van der Waals surface area contributed by atoms with Crippen molar-refractivity contribution in [3.05, 3.63) is 112 Å². The van der Waals surface area contributed by atoms with Crippen molar-refractivity contribution in [3.63, 3.8) is 0 Å². The van der Waals surface area contributed by atoms with Gasteiger partial charge < -0.3 is 80.6 Å². The molecule has 3 aromatic heterocycles. The number of nitrogens with zero attached hydrogens (tertiary/aromatic N) is 4. The summed E-state index contributed by atoms with van der Waals surface area (Å²) >= 11 is 0. The molecule has 0 saturated carbocycles. The van der Waals surface area contributed by atoms with Gasteiger partial charge in [-0.25, -0.2) is 31.9 Å². The van der Waals surface area contributed by atoms with Crippen molar-refractivity contribution < 1.29 is 113 Å². The molecule has 104 heavy (non-hydrogen) atoms. The molecule has 0 unspecified atom stereocenters. The van der Waals surface area contributed by atoms with Crippen molar-refractivity contribution in [1.82, 2.24) is 33.6 Å². The van der Waals surface area contributed by atoms with Gasteiger partial charge in [0, 0.05) is 43.0 Å². The van der Waals surface area contributed by atoms with Gasteiger partial charge in [0.1, 0.15) is 37.6 Å². The Morgan fingerprint density at radius 3 is 1.34 bits per heavy atom. The van der Waals surface area contributed by atoms with Gasteiger partial charge in [0.15, 0.2) is 36.7 Å². The minimum absolute atomic E-state index is 0.00886. The first-order valence-corrected chi connectivity index (χ1v) is 41.6. The number of ketones is 2. The lowest BCUT2D eigenvalue weighted by Gasteiger charge is -2.52. The van der Waals surface area contributed by atoms with Crippen LogP contribution < -0.4 is 33.7 Å². The van der Waals surface area contributed by atoms with Crippen LogP contribution in [0.25, 0.3) is 0 Å². The summed E-state index contributed by atoms with van der Waals surface area (Å²) in [6, 6.07) is 3.15. The number of halogens is 4. The highest BCUT2D eigenvalue weighted by Gasteiger charge is 2.70. The third kappa shape index (κ3) is 15.7. The Kier molecular flexibility index (Phi) is 26.0. The Balaban J connectivity index is 0.000000200. The molecular formula is C63H95F4N7O26Si4. The maximum atomic E-state index is 16.5. The topological polar surface area (TPSA) is 453 Å². The van der Waals surface area contributed by atoms with Crippen LogP contribution in [0.15, 0.2) is 77.8 Å². The van der Waals surface area contributed by atoms with E-state index < -0.39 is 209 Å². The number of carbonyl (C=O) groups excluding carboxylic acids is 3. The Labute approximate surface area is 597 Å². The summed E-state index contributed by atoms with van der Waals surface area (Å²) in [6.45, 7) is 28.3. The number of nitrogens with one attached hydrogen (secondary N) is 3. The number of Topliss-reactive ketones (excluding diaryl/α,β-unsaturated/α-hetero) is 1. The Hall–Kier alpha value is -5.94. The van der Waals surface area contributed by atoms with Gasteiger partial charge in [-0.3, -0.25) is 62.3 Å². The fraction of sp³-hybridized carbons (Fsp3) is 0.698. The standard InChI is InChI=1S/C21H37FN2O7Si2.C21H35FN2O7Si2.C12H12FNO6.C9H11FN2O6/c2*1-12(2)32(13(3)4)28-11-21(22)18(30-33(31-32,14(5)6)15(7)8)17(26)19(29-21)24-10-9-16(25)23-20(24)27;1-2-11(19)9(18)12(13,6-15)20-10(11)14-4-3-7(16)5-8(14)17;10-9(3-13)6(16)5(15)7(18-9)12-2-1-4(14)11-8(12)17/h9-10,12-15,17-19,26H,11H2,1-8H3,(H,23,25,27);9-10,12-15,18-19H,11H2,1-8H3,(H,23,25,27);1,3-4,9-10,15,18-19H,5-6H2;1-2,5-7,13,15-16H,3H2,(H,11,14,17)/t17-,18+,19-,21-;18-,19+,21+;9-,10+,11+,12+;5-,6+,7-,9-/m1001/s1. The number of alkyl halides is 4. The second-order valence-corrected chi connectivity index (χ2v) is 46.6. The molecule has 582 valence electrons. The number of aliphatic hydroxyl groups is 7. The van der Waals surface area contributed by atoms with Crippen LogP contribution in [0, 0.1) is 12.3 Å². The summed E-state index contributed by atoms with van der Waals surface area (Å²) in [7, 11) is -12.5. The molecule has 10 heterocycles. The largest absolute Gasteiger partial charge is 0.414 e. The predicted octanol–water partition coefficient (Wildman–Crippen LogP) is 1.79. The molecule has 33 nitrogen and oxygen atoms in total. The molecule has 0 bridgehead atoms. The van der Waals surface area contributed by atoms with Crippen molar-refractivity contribution in [2.75, 3.05) is 26.4 Å². The lowest BCUT2D eigenvalue weighted by atomic mass is 9.93. The maximum absolute atomic E-state index is 16.5. The summed E-state index contributed by atoms with van der Waals surface area (Å²) in [5, 5.41) is 67.7. The van der Waals surface area contributed by atoms with E-state index in [1.54, 1.807) is 5.92 Å². The molecule has 6 saturated heterocycles. The monoisotopic (exact) mass is 1550 g/mol. The maximum Gasteiger partial charge on any atom is 0.335 e. The van der Waals surface area contributed by atoms with Crippen LogP contribution in [0.2, 0.25) is 44.3 Å². The number of aliphatic hydroxyl groups excluding tert-OH is 6. The minimum atomic E-state index is -3.26. The highest BCUT2D eigenvalue weighted by molar-refractivity contribution is 6.84. The number of aromatic amines is 3. The number of hydrogen-bond donors (Lipinski definition) is 10. The average molecular weight is 1550 g/mol. The number of fused-ring (bicyclic) bond motifs is 2. The number of terminal acetylenes is 1. The summed E-state index contributed by atoms with van der Waals surface area (Å²) in [4.78, 5) is 113. The van der Waals surface area contributed by atoms with E-state index in [4.69, 9.17) is 56.8 Å². The van der Waals surface area contributed by atoms with Crippen molar-refractivity contribution >= 4 is 51.7 Å². The zero-order chi connectivity index (χ0) is 78.5. The molecule has 10 rings (SSSR count). The van der Waals surface area contributed by atoms with E-state index in [1.165, 1.54) is 6.20 Å². The number of aromatic nitrogens is 6. The Bertz CT molecular complexity index is 4020. The van der Waals surface area contributed by atoms with E-state index in [2.05, 4.69) is 14.7 Å². The lowest BCUT2D eigenvalue weighted by molar-refractivity contribution is -0.212. The number of amides is 1. The predicted molar refractivity (Wildman–Crippen MR) is 365 cm³/mol. The average Bonchev–Trinajstić information content (AvgIpc) is 1.47. The third-order valence-electron chi connectivity index (χ3n) is 19.4. The van der Waals surface area contributed by atoms with Crippen LogP contribution in [-0.4, -0.2) is 219 Å². The fourth-order valence-corrected chi connectivity index (χ4v) is 36.0. The van der Waals surface area contributed by atoms with Crippen molar-refractivity contribution in [1.29, 1.82) is 0 Å². The molecule has 0 spiro atoms. The molecule has 6 fully saturated rings. The molecule has 0 radical (unpaired) electrons. The van der Waals surface area contributed by atoms with Crippen LogP contribution in [0.3, 0.4) is 0 Å². The zero-order valence-corrected chi connectivity index (χ0v) is 64.3. The molecule has 1 amide bonds. The van der Waals surface area contributed by atoms with Gasteiger partial charge in [0.25, 0.3) is 40.1 Å². The van der Waals surface area contributed by atoms with Gasteiger partial charge in [-0.05, 0) is 50.4 Å². The Morgan fingerprint density at radius 2 is 0.952 bits per heavy atom. The van der Waals surface area contributed by atoms with Crippen molar-refractivity contribution in [3.8, 4) is 12.3 Å². The highest BCUT2D eigenvalue weighted by Crippen LogP contribution is 2.54. The fourth-order valence-electron chi connectivity index (χ4n) is 13.6. The number of hydrogen-bond acceptors (Lipinski definition) is 26. The molecule has 41 heteroatoms. The zero-order valence-electron chi connectivity index (χ0n) is 60.3. The summed E-state index contributed by atoms with van der Waals surface area (Å²) < 4.78 is 124. The minimum Gasteiger partial charge on any atom is -0.414 e. The van der Waals surface area contributed by atoms with Crippen LogP contribution in [0.5, 0.6) is 0 Å². The van der Waals surface area contributed by atoms with Crippen molar-refractivity contribution in [2.24, 2.45) is 0 Å².